The summed E-state index contributed by atoms with van der Waals surface area (Å²) in [6, 6.07) is 15.3. The first-order valence-corrected chi connectivity index (χ1v) is 18.2. The van der Waals surface area contributed by atoms with Gasteiger partial charge in [-0.25, -0.2) is 4.98 Å². The summed E-state index contributed by atoms with van der Waals surface area (Å²) < 4.78 is 91.0. The average Bonchev–Trinajstić information content (AvgIpc) is 3.58. The van der Waals surface area contributed by atoms with Gasteiger partial charge >= 0.3 is 12.4 Å². The first kappa shape index (κ1) is 37.1. The maximum atomic E-state index is 14.6. The van der Waals surface area contributed by atoms with Crippen molar-refractivity contribution in [2.24, 2.45) is 0 Å². The molecule has 1 amide bonds. The Morgan fingerprint density at radius 3 is 2.37 bits per heavy atom. The van der Waals surface area contributed by atoms with Gasteiger partial charge in [-0.3, -0.25) is 14.6 Å². The molecule has 6 rings (SSSR count). The number of carbonyl (C=O) groups is 1. The standard InChI is InChI=1S/C38H40F6N4O2S/c1-50-23-28-12-7-17-48(28)27-15-18-47(19-16-27)22-31-33(36(49)46-35(38(42,43)44)24-8-4-3-5-9-24)30-21-29(51-2)13-14-32(30)45-34(31)25-10-6-11-26(20-25)37(39,40)41/h3-6,8-11,13-14,20-21,27-28,35H,7,12,15-19,22-23H2,1-2H3,(H,46,49)/t28-,35+/m0/s1. The van der Waals surface area contributed by atoms with Crippen molar-refractivity contribution in [3.63, 3.8) is 0 Å². The lowest BCUT2D eigenvalue weighted by molar-refractivity contribution is -0.155. The van der Waals surface area contributed by atoms with Gasteiger partial charge in [0.05, 0.1) is 28.9 Å². The van der Waals surface area contributed by atoms with Gasteiger partial charge in [-0.05, 0) is 87.5 Å². The largest absolute Gasteiger partial charge is 0.416 e. The minimum atomic E-state index is -4.83. The lowest BCUT2D eigenvalue weighted by atomic mass is 9.93. The van der Waals surface area contributed by atoms with Crippen molar-refractivity contribution in [1.82, 2.24) is 20.1 Å². The zero-order valence-electron chi connectivity index (χ0n) is 28.4. The van der Waals surface area contributed by atoms with Gasteiger partial charge in [-0.15, -0.1) is 11.8 Å². The molecule has 0 spiro atoms. The zero-order chi connectivity index (χ0) is 36.3. The number of nitrogens with one attached hydrogen (secondary N) is 1. The Morgan fingerprint density at radius 1 is 0.961 bits per heavy atom. The number of pyridine rings is 1. The van der Waals surface area contributed by atoms with Crippen LogP contribution >= 0.6 is 11.8 Å². The zero-order valence-corrected chi connectivity index (χ0v) is 29.2. The number of benzene rings is 3. The van der Waals surface area contributed by atoms with Crippen LogP contribution in [0, 0.1) is 0 Å². The molecule has 51 heavy (non-hydrogen) atoms. The first-order valence-electron chi connectivity index (χ1n) is 16.9. The molecule has 1 aromatic heterocycles. The highest BCUT2D eigenvalue weighted by Gasteiger charge is 2.43. The first-order chi connectivity index (χ1) is 24.4. The molecule has 4 aromatic rings. The van der Waals surface area contributed by atoms with Crippen molar-refractivity contribution in [2.45, 2.75) is 67.6 Å². The van der Waals surface area contributed by atoms with Crippen molar-refractivity contribution < 1.29 is 35.9 Å². The van der Waals surface area contributed by atoms with Gasteiger partial charge in [0.25, 0.3) is 5.91 Å². The molecule has 0 radical (unpaired) electrons. The fourth-order valence-corrected chi connectivity index (χ4v) is 7.89. The Balaban J connectivity index is 1.46. The monoisotopic (exact) mass is 730 g/mol. The fraction of sp³-hybridized carbons (Fsp3) is 0.421. The number of ether oxygens (including phenoxy) is 1. The van der Waals surface area contributed by atoms with Crippen LogP contribution in [0.3, 0.4) is 0 Å². The minimum absolute atomic E-state index is 0.0321. The molecule has 0 aliphatic carbocycles. The minimum Gasteiger partial charge on any atom is -0.383 e. The van der Waals surface area contributed by atoms with E-state index in [1.807, 2.05) is 6.26 Å². The number of halogens is 6. The number of thioether (sulfide) groups is 1. The highest BCUT2D eigenvalue weighted by Crippen LogP contribution is 2.39. The Morgan fingerprint density at radius 2 is 1.71 bits per heavy atom. The summed E-state index contributed by atoms with van der Waals surface area (Å²) in [5, 5.41) is 2.58. The van der Waals surface area contributed by atoms with Crippen LogP contribution in [0.2, 0.25) is 0 Å². The van der Waals surface area contributed by atoms with E-state index in [4.69, 9.17) is 9.72 Å². The summed E-state index contributed by atoms with van der Waals surface area (Å²) in [4.78, 5) is 24.6. The number of methoxy groups -OCH3 is 1. The number of aromatic nitrogens is 1. The second-order valence-electron chi connectivity index (χ2n) is 13.1. The van der Waals surface area contributed by atoms with E-state index in [-0.39, 0.29) is 40.0 Å². The Hall–Kier alpha value is -3.65. The summed E-state index contributed by atoms with van der Waals surface area (Å²) in [6.45, 7) is 3.00. The van der Waals surface area contributed by atoms with Gasteiger partial charge in [0.1, 0.15) is 0 Å². The number of rotatable bonds is 10. The SMILES string of the molecule is COC[C@@H]1CCCN1C1CCN(Cc2c(-c3cccc(C(F)(F)F)c3)nc3ccc(SC)cc3c2C(=O)N[C@H](c2ccccc2)C(F)(F)F)CC1. The second kappa shape index (κ2) is 15.5. The highest BCUT2D eigenvalue weighted by molar-refractivity contribution is 7.98. The molecule has 2 aliphatic rings. The van der Waals surface area contributed by atoms with Crippen molar-refractivity contribution in [3.8, 4) is 11.3 Å². The molecule has 272 valence electrons. The predicted octanol–water partition coefficient (Wildman–Crippen LogP) is 8.75. The van der Waals surface area contributed by atoms with E-state index in [0.29, 0.717) is 37.2 Å². The van der Waals surface area contributed by atoms with Gasteiger partial charge in [0, 0.05) is 47.1 Å². The van der Waals surface area contributed by atoms with Crippen molar-refractivity contribution in [3.05, 3.63) is 95.1 Å². The molecule has 3 aromatic carbocycles. The molecule has 1 N–H and O–H groups in total. The molecule has 13 heteroatoms. The number of piperidine rings is 1. The molecule has 2 saturated heterocycles. The molecule has 0 unspecified atom stereocenters. The summed E-state index contributed by atoms with van der Waals surface area (Å²) in [6.07, 6.45) is -3.83. The van der Waals surface area contributed by atoms with Crippen molar-refractivity contribution in [2.75, 3.05) is 39.6 Å². The summed E-state index contributed by atoms with van der Waals surface area (Å²) in [5.74, 6) is -0.982. The summed E-state index contributed by atoms with van der Waals surface area (Å²) >= 11 is 1.39. The maximum Gasteiger partial charge on any atom is 0.416 e. The quantitative estimate of drug-likeness (QED) is 0.130. The number of nitrogens with zero attached hydrogens (tertiary/aromatic N) is 3. The maximum absolute atomic E-state index is 14.6. The van der Waals surface area contributed by atoms with Crippen molar-refractivity contribution >= 4 is 28.6 Å². The van der Waals surface area contributed by atoms with Crippen LogP contribution in [-0.2, 0) is 17.5 Å². The van der Waals surface area contributed by atoms with E-state index < -0.39 is 29.9 Å². The molecule has 0 bridgehead atoms. The number of hydrogen-bond donors (Lipinski definition) is 1. The van der Waals surface area contributed by atoms with Gasteiger partial charge in [-0.2, -0.15) is 26.3 Å². The predicted molar refractivity (Wildman–Crippen MR) is 187 cm³/mol. The Bertz CT molecular complexity index is 1830. The number of likely N-dealkylation sites (tertiary alicyclic amines) is 2. The van der Waals surface area contributed by atoms with E-state index in [9.17, 15) is 31.1 Å². The van der Waals surface area contributed by atoms with Gasteiger partial charge < -0.3 is 10.1 Å². The van der Waals surface area contributed by atoms with Crippen LogP contribution in [0.1, 0.15) is 58.8 Å². The van der Waals surface area contributed by atoms with E-state index in [0.717, 1.165) is 49.3 Å². The average molecular weight is 731 g/mol. The molecule has 2 atom stereocenters. The topological polar surface area (TPSA) is 57.7 Å². The van der Waals surface area contributed by atoms with Crippen molar-refractivity contribution in [1.29, 1.82) is 0 Å². The van der Waals surface area contributed by atoms with Crippen LogP contribution in [-0.4, -0.2) is 78.6 Å². The van der Waals surface area contributed by atoms with Crippen LogP contribution in [0.15, 0.2) is 77.7 Å². The number of alkyl halides is 6. The molecular formula is C38H40F6N4O2S. The third-order valence-corrected chi connectivity index (χ3v) is 10.6. The number of carbonyl (C=O) groups excluding carboxylic acids is 1. The molecule has 2 fully saturated rings. The summed E-state index contributed by atoms with van der Waals surface area (Å²) in [7, 11) is 1.70. The van der Waals surface area contributed by atoms with Gasteiger partial charge in [-0.1, -0.05) is 42.5 Å². The third-order valence-electron chi connectivity index (χ3n) is 9.91. The lowest BCUT2D eigenvalue weighted by Crippen LogP contribution is -2.47. The van der Waals surface area contributed by atoms with Gasteiger partial charge in [0.15, 0.2) is 6.04 Å². The number of amides is 1. The number of hydrogen-bond acceptors (Lipinski definition) is 6. The Labute approximate surface area is 297 Å². The third kappa shape index (κ3) is 8.37. The van der Waals surface area contributed by atoms with Crippen LogP contribution in [0.5, 0.6) is 0 Å². The second-order valence-corrected chi connectivity index (χ2v) is 14.0. The molecule has 2 aliphatic heterocycles. The van der Waals surface area contributed by atoms with Crippen LogP contribution in [0.25, 0.3) is 22.2 Å². The van der Waals surface area contributed by atoms with E-state index in [1.165, 1.54) is 48.2 Å². The molecule has 6 nitrogen and oxygen atoms in total. The normalized spacial score (nSPS) is 18.7. The fourth-order valence-electron chi connectivity index (χ4n) is 7.45. The molecule has 3 heterocycles. The van der Waals surface area contributed by atoms with Crippen LogP contribution in [0.4, 0.5) is 26.3 Å². The summed E-state index contributed by atoms with van der Waals surface area (Å²) in [5.41, 5.74) is -0.255. The Kier molecular flexibility index (Phi) is 11.3. The number of fused-ring (bicyclic) bond motifs is 1. The smallest absolute Gasteiger partial charge is 0.383 e. The van der Waals surface area contributed by atoms with Gasteiger partial charge in [0.2, 0.25) is 0 Å². The molecular weight excluding hydrogens is 690 g/mol. The van der Waals surface area contributed by atoms with E-state index >= 15 is 0 Å². The van der Waals surface area contributed by atoms with E-state index in [1.54, 1.807) is 31.4 Å². The van der Waals surface area contributed by atoms with E-state index in [2.05, 4.69) is 15.1 Å². The lowest BCUT2D eigenvalue weighted by Gasteiger charge is -2.39. The van der Waals surface area contributed by atoms with Crippen LogP contribution < -0.4 is 5.32 Å². The highest BCUT2D eigenvalue weighted by atomic mass is 32.2. The molecule has 0 saturated carbocycles.